The molecule has 0 aliphatic rings. The van der Waals surface area contributed by atoms with Crippen LogP contribution >= 0.6 is 31.9 Å². The summed E-state index contributed by atoms with van der Waals surface area (Å²) in [7, 11) is 1.42. The summed E-state index contributed by atoms with van der Waals surface area (Å²) in [4.78, 5) is 10.9. The summed E-state index contributed by atoms with van der Waals surface area (Å²) >= 11 is 6.73. The summed E-state index contributed by atoms with van der Waals surface area (Å²) < 4.78 is 5.64. The first-order chi connectivity index (χ1) is 11.2. The van der Waals surface area contributed by atoms with Crippen LogP contribution in [-0.2, 0) is 9.53 Å². The molecular weight excluding hydrogens is 420 g/mol. The number of carbonyl (C=O) groups excluding carboxylic acids is 1. The molecule has 0 heterocycles. The van der Waals surface area contributed by atoms with Gasteiger partial charge in [0, 0.05) is 12.8 Å². The lowest BCUT2D eigenvalue weighted by molar-refractivity contribution is -0.140. The molecule has 0 aromatic carbocycles. The topological polar surface area (TPSA) is 26.3 Å². The van der Waals surface area contributed by atoms with Gasteiger partial charge in [0.25, 0.3) is 0 Å². The molecule has 0 aliphatic heterocycles. The van der Waals surface area contributed by atoms with Crippen LogP contribution in [0.3, 0.4) is 0 Å². The summed E-state index contributed by atoms with van der Waals surface area (Å²) in [5.74, 6) is 6.09. The maximum Gasteiger partial charge on any atom is 0.305 e. The van der Waals surface area contributed by atoms with E-state index in [1.165, 1.54) is 45.6 Å². The zero-order valence-corrected chi connectivity index (χ0v) is 17.3. The van der Waals surface area contributed by atoms with E-state index in [1.54, 1.807) is 0 Å². The van der Waals surface area contributed by atoms with Crippen molar-refractivity contribution in [3.8, 4) is 11.8 Å². The molecule has 0 fully saturated rings. The number of ether oxygens (including phenoxy) is 1. The zero-order chi connectivity index (χ0) is 17.2. The molecule has 0 spiro atoms. The van der Waals surface area contributed by atoms with Crippen molar-refractivity contribution in [2.45, 2.75) is 70.6 Å². The lowest BCUT2D eigenvalue weighted by Gasteiger charge is -1.98. The molecule has 0 atom stereocenters. The molecule has 0 saturated heterocycles. The van der Waals surface area contributed by atoms with Gasteiger partial charge in [0.05, 0.1) is 10.5 Å². The molecule has 0 aromatic rings. The molecule has 0 N–H and O–H groups in total. The number of allylic oxidation sites excluding steroid dienone is 3. The van der Waals surface area contributed by atoms with Crippen molar-refractivity contribution in [2.75, 3.05) is 7.11 Å². The van der Waals surface area contributed by atoms with Crippen molar-refractivity contribution in [3.05, 3.63) is 21.6 Å². The van der Waals surface area contributed by atoms with E-state index in [9.17, 15) is 4.79 Å². The van der Waals surface area contributed by atoms with Gasteiger partial charge in [-0.3, -0.25) is 4.79 Å². The Morgan fingerprint density at radius 1 is 1.00 bits per heavy atom. The van der Waals surface area contributed by atoms with E-state index in [-0.39, 0.29) is 5.97 Å². The Morgan fingerprint density at radius 3 is 2.39 bits per heavy atom. The average Bonchev–Trinajstić information content (AvgIpc) is 2.53. The van der Waals surface area contributed by atoms with Crippen LogP contribution in [0.4, 0.5) is 0 Å². The lowest BCUT2D eigenvalue weighted by atomic mass is 10.1. The number of halogens is 2. The largest absolute Gasteiger partial charge is 0.469 e. The van der Waals surface area contributed by atoms with Crippen molar-refractivity contribution in [1.29, 1.82) is 0 Å². The third kappa shape index (κ3) is 19.4. The van der Waals surface area contributed by atoms with Crippen LogP contribution in [0.1, 0.15) is 70.6 Å². The fourth-order valence-corrected chi connectivity index (χ4v) is 2.47. The number of esters is 1. The van der Waals surface area contributed by atoms with E-state index in [0.717, 1.165) is 29.1 Å². The standard InChI is InChI=1S/C19H28Br2O2/c1-23-19(22)17-15-13-11-9-7-5-3-2-4-6-8-10-12-14-16-18(20)21/h9,11,16H,2-4,6,8,10,12-15,17H2,1H3. The molecule has 23 heavy (non-hydrogen) atoms. The maximum atomic E-state index is 10.9. The lowest BCUT2D eigenvalue weighted by Crippen LogP contribution is -1.98. The maximum absolute atomic E-state index is 10.9. The van der Waals surface area contributed by atoms with Crippen LogP contribution in [0.15, 0.2) is 21.6 Å². The minimum atomic E-state index is -0.142. The molecule has 0 radical (unpaired) electrons. The van der Waals surface area contributed by atoms with E-state index in [2.05, 4.69) is 54.5 Å². The SMILES string of the molecule is COC(=O)CCCC=CC#CCCCCCCCCC=C(Br)Br. The van der Waals surface area contributed by atoms with Gasteiger partial charge in [-0.1, -0.05) is 49.7 Å². The molecule has 130 valence electrons. The molecule has 0 aromatic heterocycles. The monoisotopic (exact) mass is 446 g/mol. The summed E-state index contributed by atoms with van der Waals surface area (Å²) in [5.41, 5.74) is 0. The fraction of sp³-hybridized carbons (Fsp3) is 0.632. The molecule has 0 rings (SSSR count). The normalized spacial score (nSPS) is 10.2. The van der Waals surface area contributed by atoms with Crippen molar-refractivity contribution in [1.82, 2.24) is 0 Å². The highest BCUT2D eigenvalue weighted by molar-refractivity contribution is 9.28. The van der Waals surface area contributed by atoms with E-state index in [0.29, 0.717) is 6.42 Å². The molecule has 0 unspecified atom stereocenters. The zero-order valence-electron chi connectivity index (χ0n) is 14.1. The van der Waals surface area contributed by atoms with Crippen LogP contribution < -0.4 is 0 Å². The van der Waals surface area contributed by atoms with E-state index < -0.39 is 0 Å². The second-order valence-electron chi connectivity index (χ2n) is 5.35. The second-order valence-corrected chi connectivity index (χ2v) is 8.12. The minimum Gasteiger partial charge on any atom is -0.469 e. The van der Waals surface area contributed by atoms with Crippen LogP contribution in [0.5, 0.6) is 0 Å². The first-order valence-corrected chi connectivity index (χ1v) is 9.96. The van der Waals surface area contributed by atoms with Crippen molar-refractivity contribution >= 4 is 37.8 Å². The van der Waals surface area contributed by atoms with Crippen LogP contribution in [-0.4, -0.2) is 13.1 Å². The summed E-state index contributed by atoms with van der Waals surface area (Å²) in [5, 5.41) is 0. The van der Waals surface area contributed by atoms with E-state index in [4.69, 9.17) is 0 Å². The van der Waals surface area contributed by atoms with Gasteiger partial charge in [-0.2, -0.15) is 0 Å². The number of methoxy groups -OCH3 is 1. The van der Waals surface area contributed by atoms with Crippen molar-refractivity contribution in [3.63, 3.8) is 0 Å². The van der Waals surface area contributed by atoms with Gasteiger partial charge in [0.2, 0.25) is 0 Å². The predicted octanol–water partition coefficient (Wildman–Crippen LogP) is 6.64. The van der Waals surface area contributed by atoms with Crippen molar-refractivity contribution < 1.29 is 9.53 Å². The molecule has 0 bridgehead atoms. The van der Waals surface area contributed by atoms with Gasteiger partial charge in [-0.25, -0.2) is 0 Å². The van der Waals surface area contributed by atoms with Gasteiger partial charge in [-0.05, 0) is 70.0 Å². The Morgan fingerprint density at radius 2 is 1.70 bits per heavy atom. The number of carbonyl (C=O) groups is 1. The molecule has 2 nitrogen and oxygen atoms in total. The third-order valence-electron chi connectivity index (χ3n) is 3.34. The van der Waals surface area contributed by atoms with Crippen LogP contribution in [0.2, 0.25) is 0 Å². The van der Waals surface area contributed by atoms with Gasteiger partial charge in [0.15, 0.2) is 0 Å². The molecule has 0 saturated carbocycles. The number of hydrogen-bond acceptors (Lipinski definition) is 2. The van der Waals surface area contributed by atoms with Gasteiger partial charge >= 0.3 is 5.97 Å². The number of unbranched alkanes of at least 4 members (excludes halogenated alkanes) is 8. The number of hydrogen-bond donors (Lipinski definition) is 0. The quantitative estimate of drug-likeness (QED) is 0.190. The van der Waals surface area contributed by atoms with Gasteiger partial charge in [0.1, 0.15) is 0 Å². The predicted molar refractivity (Wildman–Crippen MR) is 106 cm³/mol. The highest BCUT2D eigenvalue weighted by Crippen LogP contribution is 2.15. The average molecular weight is 448 g/mol. The summed E-state index contributed by atoms with van der Waals surface area (Å²) in [6.07, 6.45) is 18.1. The van der Waals surface area contributed by atoms with E-state index in [1.807, 2.05) is 12.2 Å². The Bertz CT molecular complexity index is 413. The molecular formula is C19H28Br2O2. The summed E-state index contributed by atoms with van der Waals surface area (Å²) in [6.45, 7) is 0. The second kappa shape index (κ2) is 17.8. The number of rotatable bonds is 12. The fourth-order valence-electron chi connectivity index (χ4n) is 2.02. The molecule has 4 heteroatoms. The first kappa shape index (κ1) is 22.5. The van der Waals surface area contributed by atoms with Gasteiger partial charge in [-0.15, -0.1) is 0 Å². The minimum absolute atomic E-state index is 0.142. The molecule has 0 amide bonds. The summed E-state index contributed by atoms with van der Waals surface area (Å²) in [6, 6.07) is 0. The molecule has 0 aliphatic carbocycles. The van der Waals surface area contributed by atoms with Crippen LogP contribution in [0.25, 0.3) is 0 Å². The van der Waals surface area contributed by atoms with Crippen molar-refractivity contribution in [2.24, 2.45) is 0 Å². The Balaban J connectivity index is 3.32. The Labute approximate surface area is 158 Å². The first-order valence-electron chi connectivity index (χ1n) is 8.38. The smallest absolute Gasteiger partial charge is 0.305 e. The van der Waals surface area contributed by atoms with Gasteiger partial charge < -0.3 is 4.74 Å². The van der Waals surface area contributed by atoms with Crippen LogP contribution in [0, 0.1) is 11.8 Å². The highest BCUT2D eigenvalue weighted by atomic mass is 79.9. The highest BCUT2D eigenvalue weighted by Gasteiger charge is 1.96. The third-order valence-corrected chi connectivity index (χ3v) is 3.98. The Kier molecular flexibility index (Phi) is 17.4. The Hall–Kier alpha value is -0.530. The van der Waals surface area contributed by atoms with E-state index >= 15 is 0 Å².